The Labute approximate surface area is 115 Å². The number of rotatable bonds is 3. The second-order valence-electron chi connectivity index (χ2n) is 6.20. The van der Waals surface area contributed by atoms with Crippen LogP contribution in [0.5, 0.6) is 0 Å². The minimum atomic E-state index is 0.0965. The molecule has 2 fully saturated rings. The first-order valence-corrected chi connectivity index (χ1v) is 7.56. The van der Waals surface area contributed by atoms with E-state index in [0.29, 0.717) is 5.92 Å². The number of aryl methyl sites for hydroxylation is 2. The molecule has 2 aliphatic rings. The summed E-state index contributed by atoms with van der Waals surface area (Å²) in [6.07, 6.45) is 6.94. The maximum Gasteiger partial charge on any atom is 0.0686 e. The lowest BCUT2D eigenvalue weighted by atomic mass is 9.70. The maximum atomic E-state index is 6.52. The molecule has 1 aromatic rings. The summed E-state index contributed by atoms with van der Waals surface area (Å²) >= 11 is 0. The molecule has 1 saturated heterocycles. The van der Waals surface area contributed by atoms with Crippen LogP contribution in [0.4, 0.5) is 0 Å². The van der Waals surface area contributed by atoms with Gasteiger partial charge in [-0.2, -0.15) is 5.10 Å². The molecule has 1 aromatic heterocycles. The molecule has 0 aromatic carbocycles. The van der Waals surface area contributed by atoms with E-state index in [9.17, 15) is 0 Å². The van der Waals surface area contributed by atoms with Crippen LogP contribution in [0.3, 0.4) is 0 Å². The Morgan fingerprint density at radius 3 is 2.95 bits per heavy atom. The Morgan fingerprint density at radius 2 is 2.37 bits per heavy atom. The van der Waals surface area contributed by atoms with Crippen LogP contribution in [0, 0.1) is 5.92 Å². The highest BCUT2D eigenvalue weighted by atomic mass is 16.5. The molecule has 19 heavy (non-hydrogen) atoms. The van der Waals surface area contributed by atoms with Crippen LogP contribution in [0.1, 0.15) is 56.5 Å². The average Bonchev–Trinajstić information content (AvgIpc) is 2.77. The molecule has 1 aliphatic carbocycles. The molecular formula is C15H25N3O. The SMILES string of the molecule is CCc1cc(C(N)C2CCOC3(CCC3)C2)n(C)n1. The highest BCUT2D eigenvalue weighted by Crippen LogP contribution is 2.46. The first-order valence-electron chi connectivity index (χ1n) is 7.56. The van der Waals surface area contributed by atoms with Gasteiger partial charge in [-0.3, -0.25) is 4.68 Å². The topological polar surface area (TPSA) is 53.1 Å². The normalized spacial score (nSPS) is 27.2. The van der Waals surface area contributed by atoms with Crippen molar-refractivity contribution in [2.24, 2.45) is 18.7 Å². The Hall–Kier alpha value is -0.870. The van der Waals surface area contributed by atoms with E-state index >= 15 is 0 Å². The average molecular weight is 263 g/mol. The van der Waals surface area contributed by atoms with Gasteiger partial charge in [0.25, 0.3) is 0 Å². The highest BCUT2D eigenvalue weighted by Gasteiger charge is 2.44. The van der Waals surface area contributed by atoms with E-state index in [2.05, 4.69) is 18.1 Å². The summed E-state index contributed by atoms with van der Waals surface area (Å²) in [7, 11) is 2.01. The van der Waals surface area contributed by atoms with Gasteiger partial charge in [0, 0.05) is 19.7 Å². The van der Waals surface area contributed by atoms with E-state index in [1.54, 1.807) is 0 Å². The molecule has 2 atom stereocenters. The fraction of sp³-hybridized carbons (Fsp3) is 0.800. The maximum absolute atomic E-state index is 6.52. The predicted molar refractivity (Wildman–Crippen MR) is 74.8 cm³/mol. The van der Waals surface area contributed by atoms with Crippen LogP contribution < -0.4 is 5.73 Å². The Bertz CT molecular complexity index is 450. The third kappa shape index (κ3) is 2.32. The lowest BCUT2D eigenvalue weighted by Gasteiger charge is -2.48. The van der Waals surface area contributed by atoms with E-state index in [1.165, 1.54) is 25.0 Å². The highest BCUT2D eigenvalue weighted by molar-refractivity contribution is 5.15. The number of nitrogens with two attached hydrogens (primary N) is 1. The third-order valence-electron chi connectivity index (χ3n) is 4.97. The lowest BCUT2D eigenvalue weighted by molar-refractivity contribution is -0.146. The monoisotopic (exact) mass is 263 g/mol. The molecule has 1 saturated carbocycles. The van der Waals surface area contributed by atoms with E-state index < -0.39 is 0 Å². The van der Waals surface area contributed by atoms with Crippen LogP contribution >= 0.6 is 0 Å². The largest absolute Gasteiger partial charge is 0.375 e. The molecule has 0 amide bonds. The molecular weight excluding hydrogens is 238 g/mol. The van der Waals surface area contributed by atoms with E-state index in [-0.39, 0.29) is 11.6 Å². The number of nitrogens with zero attached hydrogens (tertiary/aromatic N) is 2. The molecule has 106 valence electrons. The van der Waals surface area contributed by atoms with Gasteiger partial charge in [0.15, 0.2) is 0 Å². The van der Waals surface area contributed by atoms with Gasteiger partial charge >= 0.3 is 0 Å². The van der Waals surface area contributed by atoms with Crippen LogP contribution in [0.2, 0.25) is 0 Å². The van der Waals surface area contributed by atoms with Crippen molar-refractivity contribution < 1.29 is 4.74 Å². The van der Waals surface area contributed by atoms with Crippen molar-refractivity contribution in [1.29, 1.82) is 0 Å². The van der Waals surface area contributed by atoms with E-state index in [0.717, 1.165) is 31.6 Å². The van der Waals surface area contributed by atoms with Crippen molar-refractivity contribution in [3.63, 3.8) is 0 Å². The van der Waals surface area contributed by atoms with Crippen molar-refractivity contribution in [3.05, 3.63) is 17.5 Å². The van der Waals surface area contributed by atoms with Gasteiger partial charge in [-0.15, -0.1) is 0 Å². The van der Waals surface area contributed by atoms with Gasteiger partial charge in [-0.05, 0) is 50.5 Å². The number of ether oxygens (including phenoxy) is 1. The van der Waals surface area contributed by atoms with Crippen molar-refractivity contribution in [2.45, 2.75) is 57.1 Å². The van der Waals surface area contributed by atoms with Gasteiger partial charge in [-0.25, -0.2) is 0 Å². The zero-order valence-corrected chi connectivity index (χ0v) is 12.1. The van der Waals surface area contributed by atoms with Gasteiger partial charge in [0.2, 0.25) is 0 Å². The third-order valence-corrected chi connectivity index (χ3v) is 4.97. The van der Waals surface area contributed by atoms with Crippen LogP contribution in [-0.4, -0.2) is 22.0 Å². The number of hydrogen-bond acceptors (Lipinski definition) is 3. The van der Waals surface area contributed by atoms with Gasteiger partial charge < -0.3 is 10.5 Å². The lowest BCUT2D eigenvalue weighted by Crippen LogP contribution is -2.47. The minimum absolute atomic E-state index is 0.0965. The van der Waals surface area contributed by atoms with Crippen LogP contribution in [0.15, 0.2) is 6.07 Å². The van der Waals surface area contributed by atoms with Crippen molar-refractivity contribution in [2.75, 3.05) is 6.61 Å². The van der Waals surface area contributed by atoms with Crippen molar-refractivity contribution in [3.8, 4) is 0 Å². The smallest absolute Gasteiger partial charge is 0.0686 e. The Kier molecular flexibility index (Phi) is 3.39. The van der Waals surface area contributed by atoms with Gasteiger partial charge in [0.1, 0.15) is 0 Å². The summed E-state index contributed by atoms with van der Waals surface area (Å²) in [6.45, 7) is 3.01. The Morgan fingerprint density at radius 1 is 1.58 bits per heavy atom. The van der Waals surface area contributed by atoms with E-state index in [1.807, 2.05) is 11.7 Å². The van der Waals surface area contributed by atoms with Crippen LogP contribution in [0.25, 0.3) is 0 Å². The summed E-state index contributed by atoms with van der Waals surface area (Å²) in [5.41, 5.74) is 9.01. The molecule has 4 nitrogen and oxygen atoms in total. The zero-order chi connectivity index (χ0) is 13.5. The van der Waals surface area contributed by atoms with Crippen molar-refractivity contribution >= 4 is 0 Å². The summed E-state index contributed by atoms with van der Waals surface area (Å²) in [5, 5.41) is 4.52. The minimum Gasteiger partial charge on any atom is -0.375 e. The fourth-order valence-corrected chi connectivity index (χ4v) is 3.56. The second kappa shape index (κ2) is 4.91. The van der Waals surface area contributed by atoms with Crippen LogP contribution in [-0.2, 0) is 18.2 Å². The molecule has 2 heterocycles. The Balaban J connectivity index is 1.75. The van der Waals surface area contributed by atoms with Crippen molar-refractivity contribution in [1.82, 2.24) is 9.78 Å². The molecule has 2 N–H and O–H groups in total. The standard InChI is InChI=1S/C15H25N3O/c1-3-12-9-13(18(2)17-12)14(16)11-5-8-19-15(10-11)6-4-7-15/h9,11,14H,3-8,10,16H2,1-2H3. The molecule has 0 radical (unpaired) electrons. The molecule has 1 spiro atoms. The predicted octanol–water partition coefficient (Wildman–Crippen LogP) is 2.33. The molecule has 3 rings (SSSR count). The number of aromatic nitrogens is 2. The van der Waals surface area contributed by atoms with Gasteiger partial charge in [-0.1, -0.05) is 6.92 Å². The summed E-state index contributed by atoms with van der Waals surface area (Å²) in [4.78, 5) is 0. The quantitative estimate of drug-likeness (QED) is 0.910. The molecule has 4 heteroatoms. The van der Waals surface area contributed by atoms with Gasteiger partial charge in [0.05, 0.1) is 17.0 Å². The first kappa shape index (κ1) is 13.1. The zero-order valence-electron chi connectivity index (χ0n) is 12.1. The summed E-state index contributed by atoms with van der Waals surface area (Å²) in [5.74, 6) is 0.536. The second-order valence-corrected chi connectivity index (χ2v) is 6.20. The molecule has 1 aliphatic heterocycles. The summed E-state index contributed by atoms with van der Waals surface area (Å²) < 4.78 is 7.96. The molecule has 0 bridgehead atoms. The molecule has 2 unspecified atom stereocenters. The summed E-state index contributed by atoms with van der Waals surface area (Å²) in [6, 6.07) is 2.27. The number of hydrogen-bond donors (Lipinski definition) is 1. The first-order chi connectivity index (χ1) is 9.13. The van der Waals surface area contributed by atoms with E-state index in [4.69, 9.17) is 10.5 Å². The fourth-order valence-electron chi connectivity index (χ4n) is 3.56.